The quantitative estimate of drug-likeness (QED) is 0.675. The molecule has 30 heavy (non-hydrogen) atoms. The second kappa shape index (κ2) is 8.22. The first-order valence-corrected chi connectivity index (χ1v) is 10.1. The maximum atomic E-state index is 5.82. The van der Waals surface area contributed by atoms with E-state index in [4.69, 9.17) is 19.9 Å². The van der Waals surface area contributed by atoms with Crippen molar-refractivity contribution in [2.24, 2.45) is 0 Å². The third-order valence-corrected chi connectivity index (χ3v) is 5.42. The summed E-state index contributed by atoms with van der Waals surface area (Å²) in [5.74, 6) is 2.93. The lowest BCUT2D eigenvalue weighted by molar-refractivity contribution is 0.153. The van der Waals surface area contributed by atoms with E-state index in [-0.39, 0.29) is 6.04 Å². The first-order valence-electron chi connectivity index (χ1n) is 10.1. The molecule has 0 spiro atoms. The predicted octanol–water partition coefficient (Wildman–Crippen LogP) is 3.33. The molecule has 0 saturated carbocycles. The number of nitrogens with one attached hydrogen (secondary N) is 1. The molecule has 7 heteroatoms. The van der Waals surface area contributed by atoms with Crippen molar-refractivity contribution in [2.45, 2.75) is 12.6 Å². The van der Waals surface area contributed by atoms with Gasteiger partial charge in [0.25, 0.3) is 0 Å². The van der Waals surface area contributed by atoms with Crippen LogP contribution in [0.5, 0.6) is 23.1 Å². The summed E-state index contributed by atoms with van der Waals surface area (Å²) in [7, 11) is 0. The molecule has 1 unspecified atom stereocenters. The zero-order valence-electron chi connectivity index (χ0n) is 16.6. The standard InChI is InChI=1S/C23H24N4O3/c24-18-4-8-23(26-12-18)30-19-5-2-17(3-6-19)20-13-25-9-10-27(20)14-16-1-7-21-22(11-16)29-15-28-21/h1-8,11-12,20,25H,9-10,13-15,24H2. The fourth-order valence-corrected chi connectivity index (χ4v) is 3.87. The van der Waals surface area contributed by atoms with E-state index in [1.807, 2.05) is 18.2 Å². The highest BCUT2D eigenvalue weighted by atomic mass is 16.7. The number of rotatable bonds is 5. The molecule has 5 rings (SSSR count). The van der Waals surface area contributed by atoms with Crippen LogP contribution in [-0.2, 0) is 6.54 Å². The van der Waals surface area contributed by atoms with Gasteiger partial charge >= 0.3 is 0 Å². The molecule has 2 aromatic carbocycles. The van der Waals surface area contributed by atoms with E-state index in [0.29, 0.717) is 18.4 Å². The van der Waals surface area contributed by atoms with Crippen LogP contribution in [0.25, 0.3) is 0 Å². The minimum atomic E-state index is 0.285. The molecule has 1 atom stereocenters. The Morgan fingerprint density at radius 1 is 1.07 bits per heavy atom. The molecule has 154 valence electrons. The number of aromatic nitrogens is 1. The predicted molar refractivity (Wildman–Crippen MR) is 114 cm³/mol. The number of hydrogen-bond donors (Lipinski definition) is 2. The molecule has 2 aliphatic rings. The third-order valence-electron chi connectivity index (χ3n) is 5.42. The van der Waals surface area contributed by atoms with Crippen molar-refractivity contribution in [3.63, 3.8) is 0 Å². The SMILES string of the molecule is Nc1ccc(Oc2ccc(C3CNCCN3Cc3ccc4c(c3)OCO4)cc2)nc1. The molecule has 0 aliphatic carbocycles. The van der Waals surface area contributed by atoms with Crippen LogP contribution >= 0.6 is 0 Å². The highest BCUT2D eigenvalue weighted by Gasteiger charge is 2.24. The second-order valence-electron chi connectivity index (χ2n) is 7.48. The topological polar surface area (TPSA) is 81.9 Å². The van der Waals surface area contributed by atoms with Gasteiger partial charge in [-0.2, -0.15) is 0 Å². The van der Waals surface area contributed by atoms with Crippen LogP contribution in [0.4, 0.5) is 5.69 Å². The smallest absolute Gasteiger partial charge is 0.231 e. The number of fused-ring (bicyclic) bond motifs is 1. The molecule has 7 nitrogen and oxygen atoms in total. The normalized spacial score (nSPS) is 18.3. The van der Waals surface area contributed by atoms with Crippen LogP contribution < -0.4 is 25.3 Å². The van der Waals surface area contributed by atoms with Gasteiger partial charge in [-0.25, -0.2) is 4.98 Å². The van der Waals surface area contributed by atoms with Gasteiger partial charge in [0.05, 0.1) is 11.9 Å². The minimum Gasteiger partial charge on any atom is -0.454 e. The molecule has 3 heterocycles. The van der Waals surface area contributed by atoms with E-state index >= 15 is 0 Å². The molecule has 0 amide bonds. The van der Waals surface area contributed by atoms with Crippen molar-refractivity contribution >= 4 is 5.69 Å². The van der Waals surface area contributed by atoms with Crippen LogP contribution in [0, 0.1) is 0 Å². The fraction of sp³-hybridized carbons (Fsp3) is 0.261. The Labute approximate surface area is 175 Å². The molecule has 3 aromatic rings. The number of nitrogens with two attached hydrogens (primary N) is 1. The molecular weight excluding hydrogens is 380 g/mol. The van der Waals surface area contributed by atoms with Crippen molar-refractivity contribution in [2.75, 3.05) is 32.2 Å². The number of nitrogen functional groups attached to an aromatic ring is 1. The summed E-state index contributed by atoms with van der Waals surface area (Å²) in [6.07, 6.45) is 1.59. The minimum absolute atomic E-state index is 0.285. The van der Waals surface area contributed by atoms with E-state index < -0.39 is 0 Å². The van der Waals surface area contributed by atoms with Gasteiger partial charge in [0.2, 0.25) is 12.7 Å². The van der Waals surface area contributed by atoms with E-state index in [2.05, 4.69) is 39.5 Å². The molecule has 2 aliphatic heterocycles. The van der Waals surface area contributed by atoms with Gasteiger partial charge in [0.1, 0.15) is 5.75 Å². The summed E-state index contributed by atoms with van der Waals surface area (Å²) in [5.41, 5.74) is 8.76. The summed E-state index contributed by atoms with van der Waals surface area (Å²) in [6.45, 7) is 4.02. The molecule has 1 fully saturated rings. The Balaban J connectivity index is 1.29. The van der Waals surface area contributed by atoms with Crippen molar-refractivity contribution < 1.29 is 14.2 Å². The molecule has 3 N–H and O–H groups in total. The molecular formula is C23H24N4O3. The van der Waals surface area contributed by atoms with Crippen LogP contribution in [0.2, 0.25) is 0 Å². The van der Waals surface area contributed by atoms with Crippen LogP contribution in [0.3, 0.4) is 0 Å². The highest BCUT2D eigenvalue weighted by molar-refractivity contribution is 5.44. The molecule has 0 bridgehead atoms. The average Bonchev–Trinajstić information content (AvgIpc) is 3.24. The second-order valence-corrected chi connectivity index (χ2v) is 7.48. The summed E-state index contributed by atoms with van der Waals surface area (Å²) in [6, 6.07) is 18.2. The van der Waals surface area contributed by atoms with Gasteiger partial charge in [0, 0.05) is 38.3 Å². The summed E-state index contributed by atoms with van der Waals surface area (Å²) in [5, 5.41) is 3.51. The van der Waals surface area contributed by atoms with Crippen LogP contribution in [-0.4, -0.2) is 36.3 Å². The van der Waals surface area contributed by atoms with Gasteiger partial charge in [-0.15, -0.1) is 0 Å². The Bertz CT molecular complexity index is 1010. The fourth-order valence-electron chi connectivity index (χ4n) is 3.87. The van der Waals surface area contributed by atoms with E-state index in [0.717, 1.165) is 43.4 Å². The molecule has 1 aromatic heterocycles. The number of hydrogen-bond acceptors (Lipinski definition) is 7. The first kappa shape index (κ1) is 18.7. The number of ether oxygens (including phenoxy) is 3. The Hall–Kier alpha value is -3.29. The number of anilines is 1. The number of benzene rings is 2. The number of pyridine rings is 1. The van der Waals surface area contributed by atoms with Gasteiger partial charge in [-0.05, 0) is 41.5 Å². The Morgan fingerprint density at radius 2 is 1.93 bits per heavy atom. The summed E-state index contributed by atoms with van der Waals surface area (Å²) >= 11 is 0. The van der Waals surface area contributed by atoms with Crippen molar-refractivity contribution in [3.05, 3.63) is 71.9 Å². The Morgan fingerprint density at radius 3 is 2.77 bits per heavy atom. The number of nitrogens with zero attached hydrogens (tertiary/aromatic N) is 2. The highest BCUT2D eigenvalue weighted by Crippen LogP contribution is 2.34. The Kier molecular flexibility index (Phi) is 5.13. The molecule has 1 saturated heterocycles. The zero-order chi connectivity index (χ0) is 20.3. The van der Waals surface area contributed by atoms with E-state index in [1.54, 1.807) is 18.3 Å². The van der Waals surface area contributed by atoms with E-state index in [1.165, 1.54) is 11.1 Å². The average molecular weight is 404 g/mol. The zero-order valence-corrected chi connectivity index (χ0v) is 16.6. The maximum Gasteiger partial charge on any atom is 0.231 e. The monoisotopic (exact) mass is 404 g/mol. The van der Waals surface area contributed by atoms with Crippen LogP contribution in [0.1, 0.15) is 17.2 Å². The summed E-state index contributed by atoms with van der Waals surface area (Å²) in [4.78, 5) is 6.68. The maximum absolute atomic E-state index is 5.82. The lowest BCUT2D eigenvalue weighted by atomic mass is 10.0. The van der Waals surface area contributed by atoms with Gasteiger partial charge in [-0.1, -0.05) is 18.2 Å². The lowest BCUT2D eigenvalue weighted by Gasteiger charge is -2.36. The van der Waals surface area contributed by atoms with E-state index in [9.17, 15) is 0 Å². The third kappa shape index (κ3) is 4.03. The van der Waals surface area contributed by atoms with Crippen molar-refractivity contribution in [1.82, 2.24) is 15.2 Å². The summed E-state index contributed by atoms with van der Waals surface area (Å²) < 4.78 is 16.8. The van der Waals surface area contributed by atoms with Crippen molar-refractivity contribution in [1.29, 1.82) is 0 Å². The largest absolute Gasteiger partial charge is 0.454 e. The van der Waals surface area contributed by atoms with Crippen molar-refractivity contribution in [3.8, 4) is 23.1 Å². The lowest BCUT2D eigenvalue weighted by Crippen LogP contribution is -2.45. The van der Waals surface area contributed by atoms with Gasteiger partial charge in [-0.3, -0.25) is 4.90 Å². The number of piperazine rings is 1. The van der Waals surface area contributed by atoms with Crippen LogP contribution in [0.15, 0.2) is 60.8 Å². The van der Waals surface area contributed by atoms with Gasteiger partial charge < -0.3 is 25.3 Å². The first-order chi connectivity index (χ1) is 14.7. The van der Waals surface area contributed by atoms with Gasteiger partial charge in [0.15, 0.2) is 11.5 Å². The molecule has 0 radical (unpaired) electrons.